The molecule has 3 fully saturated rings. The van der Waals surface area contributed by atoms with Gasteiger partial charge in [0.2, 0.25) is 0 Å². The van der Waals surface area contributed by atoms with Gasteiger partial charge in [-0.25, -0.2) is 4.52 Å². The van der Waals surface area contributed by atoms with Crippen molar-refractivity contribution in [2.45, 2.75) is 57.4 Å². The lowest BCUT2D eigenvalue weighted by molar-refractivity contribution is -0.121. The zero-order valence-corrected chi connectivity index (χ0v) is 19.5. The number of carbonyl (C=O) groups is 2. The highest BCUT2D eigenvalue weighted by atomic mass is 16.1. The molecule has 3 aromatic heterocycles. The highest BCUT2D eigenvalue weighted by molar-refractivity contribution is 5.99. The number of hydrogen-bond donors (Lipinski definition) is 2. The number of anilines is 1. The number of pyridine rings is 1. The first-order valence-corrected chi connectivity index (χ1v) is 11.7. The fourth-order valence-electron chi connectivity index (χ4n) is 5.80. The Labute approximate surface area is 198 Å². The van der Waals surface area contributed by atoms with Crippen molar-refractivity contribution < 1.29 is 9.59 Å². The maximum atomic E-state index is 12.7. The number of aromatic nitrogens is 3. The molecule has 0 atom stereocenters. The van der Waals surface area contributed by atoms with Gasteiger partial charge in [0.25, 0.3) is 5.91 Å². The average Bonchev–Trinajstić information content (AvgIpc) is 3.27. The maximum absolute atomic E-state index is 12.7. The monoisotopic (exact) mass is 456 g/mol. The van der Waals surface area contributed by atoms with Crippen LogP contribution in [0.2, 0.25) is 0 Å². The Hall–Kier alpha value is -3.73. The predicted octanol–water partition coefficient (Wildman–Crippen LogP) is 4.11. The van der Waals surface area contributed by atoms with E-state index in [-0.39, 0.29) is 22.6 Å². The summed E-state index contributed by atoms with van der Waals surface area (Å²) in [7, 11) is 1.62. The lowest BCUT2D eigenvalue weighted by Crippen LogP contribution is -2.51. The van der Waals surface area contributed by atoms with E-state index in [0.29, 0.717) is 23.2 Å². The van der Waals surface area contributed by atoms with E-state index in [4.69, 9.17) is 5.26 Å². The number of nitrogens with zero attached hydrogens (tertiary/aromatic N) is 4. The van der Waals surface area contributed by atoms with Crippen LogP contribution in [0.5, 0.6) is 0 Å². The summed E-state index contributed by atoms with van der Waals surface area (Å²) in [5, 5.41) is 20.0. The zero-order valence-electron chi connectivity index (χ0n) is 19.5. The van der Waals surface area contributed by atoms with Gasteiger partial charge in [0.1, 0.15) is 11.9 Å². The molecule has 6 rings (SSSR count). The molecule has 2 N–H and O–H groups in total. The van der Waals surface area contributed by atoms with E-state index in [1.807, 2.05) is 18.2 Å². The van der Waals surface area contributed by atoms with E-state index in [0.717, 1.165) is 55.4 Å². The summed E-state index contributed by atoms with van der Waals surface area (Å²) >= 11 is 0. The molecule has 34 heavy (non-hydrogen) atoms. The predicted molar refractivity (Wildman–Crippen MR) is 128 cm³/mol. The highest BCUT2D eigenvalue weighted by Crippen LogP contribution is 2.55. The van der Waals surface area contributed by atoms with Crippen LogP contribution in [-0.2, 0) is 4.79 Å². The largest absolute Gasteiger partial charge is 0.379 e. The Morgan fingerprint density at radius 1 is 1.12 bits per heavy atom. The molecular formula is C26H28N6O2. The van der Waals surface area contributed by atoms with Crippen molar-refractivity contribution >= 4 is 22.9 Å². The van der Waals surface area contributed by atoms with Crippen molar-refractivity contribution in [2.75, 3.05) is 12.4 Å². The standard InChI is InChI=1S/C26H28N6O2/c1-17(33)13-25-5-8-26(9-6-25,10-7-25)31-21-12-22(29-16-20(21)24(34)28-2)23-4-3-19-11-18(14-27)15-30-32(19)23/h3-4,11-12,15-16H,5-10,13H2,1-2H3,(H,28,34)(H,29,31). The topological polar surface area (TPSA) is 112 Å². The molecule has 3 aliphatic rings. The Morgan fingerprint density at radius 3 is 2.50 bits per heavy atom. The minimum absolute atomic E-state index is 0.0822. The maximum Gasteiger partial charge on any atom is 0.254 e. The van der Waals surface area contributed by atoms with E-state index >= 15 is 0 Å². The normalized spacial score (nSPS) is 23.4. The summed E-state index contributed by atoms with van der Waals surface area (Å²) < 4.78 is 1.75. The number of Topliss-reactive ketones (excluding diaryl/α,β-unsaturated/α-hetero) is 1. The SMILES string of the molecule is CNC(=O)c1cnc(-c2ccc3cc(C#N)cnn23)cc1NC12CCC(CC(C)=O)(CC1)CC2. The van der Waals surface area contributed by atoms with E-state index in [9.17, 15) is 9.59 Å². The summed E-state index contributed by atoms with van der Waals surface area (Å²) in [6, 6.07) is 9.64. The third kappa shape index (κ3) is 3.81. The van der Waals surface area contributed by atoms with Crippen LogP contribution in [-0.4, -0.2) is 38.9 Å². The van der Waals surface area contributed by atoms with Crippen LogP contribution in [0.4, 0.5) is 5.69 Å². The van der Waals surface area contributed by atoms with Gasteiger partial charge in [0, 0.05) is 25.2 Å². The summed E-state index contributed by atoms with van der Waals surface area (Å²) in [4.78, 5) is 29.0. The Morgan fingerprint density at radius 2 is 1.85 bits per heavy atom. The van der Waals surface area contributed by atoms with Crippen molar-refractivity contribution in [3.05, 3.63) is 47.8 Å². The molecule has 3 saturated carbocycles. The van der Waals surface area contributed by atoms with Crippen molar-refractivity contribution in [2.24, 2.45) is 5.41 Å². The molecule has 0 unspecified atom stereocenters. The van der Waals surface area contributed by atoms with Crippen LogP contribution in [0.3, 0.4) is 0 Å². The summed E-state index contributed by atoms with van der Waals surface area (Å²) in [5.41, 5.74) is 4.12. The van der Waals surface area contributed by atoms with Crippen LogP contribution in [0.25, 0.3) is 16.9 Å². The number of fused-ring (bicyclic) bond motifs is 4. The summed E-state index contributed by atoms with van der Waals surface area (Å²) in [5.74, 6) is 0.0882. The molecule has 2 bridgehead atoms. The second kappa shape index (κ2) is 8.24. The zero-order chi connectivity index (χ0) is 23.9. The van der Waals surface area contributed by atoms with Crippen molar-refractivity contribution in [3.8, 4) is 17.5 Å². The number of carbonyl (C=O) groups excluding carboxylic acids is 2. The number of nitrogens with one attached hydrogen (secondary N) is 2. The molecule has 0 radical (unpaired) electrons. The van der Waals surface area contributed by atoms with Crippen LogP contribution in [0.15, 0.2) is 36.7 Å². The number of amides is 1. The van der Waals surface area contributed by atoms with Crippen LogP contribution < -0.4 is 10.6 Å². The second-order valence-electron chi connectivity index (χ2n) is 9.89. The minimum atomic E-state index is -0.188. The molecular weight excluding hydrogens is 428 g/mol. The van der Waals surface area contributed by atoms with Gasteiger partial charge in [0.15, 0.2) is 0 Å². The molecule has 0 spiro atoms. The van der Waals surface area contributed by atoms with Crippen molar-refractivity contribution in [3.63, 3.8) is 0 Å². The van der Waals surface area contributed by atoms with Gasteiger partial charge in [-0.1, -0.05) is 0 Å². The van der Waals surface area contributed by atoms with Gasteiger partial charge < -0.3 is 15.4 Å². The Kier molecular flexibility index (Phi) is 5.35. The number of ketones is 1. The van der Waals surface area contributed by atoms with Crippen LogP contribution >= 0.6 is 0 Å². The first-order chi connectivity index (χ1) is 16.4. The third-order valence-corrected chi connectivity index (χ3v) is 7.69. The second-order valence-corrected chi connectivity index (χ2v) is 9.89. The minimum Gasteiger partial charge on any atom is -0.379 e. The Balaban J connectivity index is 1.49. The summed E-state index contributed by atoms with van der Waals surface area (Å²) in [6.07, 6.45) is 9.86. The van der Waals surface area contributed by atoms with Crippen LogP contribution in [0.1, 0.15) is 67.8 Å². The average molecular weight is 457 g/mol. The first-order valence-electron chi connectivity index (χ1n) is 11.7. The van der Waals surface area contributed by atoms with Crippen LogP contribution in [0, 0.1) is 16.7 Å². The molecule has 0 aliphatic heterocycles. The molecule has 8 nitrogen and oxygen atoms in total. The van der Waals surface area contributed by atoms with Gasteiger partial charge in [-0.3, -0.25) is 9.78 Å². The number of nitriles is 1. The van der Waals surface area contributed by atoms with Crippen molar-refractivity contribution in [1.82, 2.24) is 19.9 Å². The van der Waals surface area contributed by atoms with Gasteiger partial charge in [0.05, 0.1) is 39.9 Å². The first kappa shape index (κ1) is 22.1. The van der Waals surface area contributed by atoms with Gasteiger partial charge >= 0.3 is 0 Å². The lowest BCUT2D eigenvalue weighted by atomic mass is 9.56. The third-order valence-electron chi connectivity index (χ3n) is 7.69. The van der Waals surface area contributed by atoms with E-state index in [1.54, 1.807) is 30.8 Å². The molecule has 8 heteroatoms. The van der Waals surface area contributed by atoms with E-state index < -0.39 is 0 Å². The van der Waals surface area contributed by atoms with Gasteiger partial charge in [-0.15, -0.1) is 0 Å². The van der Waals surface area contributed by atoms with E-state index in [2.05, 4.69) is 26.8 Å². The lowest BCUT2D eigenvalue weighted by Gasteiger charge is -2.54. The number of rotatable bonds is 6. The molecule has 1 amide bonds. The molecule has 0 aromatic carbocycles. The fraction of sp³-hybridized carbons (Fsp3) is 0.423. The smallest absolute Gasteiger partial charge is 0.254 e. The van der Waals surface area contributed by atoms with Gasteiger partial charge in [-0.2, -0.15) is 10.4 Å². The molecule has 174 valence electrons. The fourth-order valence-corrected chi connectivity index (χ4v) is 5.80. The molecule has 0 saturated heterocycles. The number of hydrogen-bond acceptors (Lipinski definition) is 6. The molecule has 3 aromatic rings. The molecule has 3 aliphatic carbocycles. The van der Waals surface area contributed by atoms with Crippen molar-refractivity contribution in [1.29, 1.82) is 5.26 Å². The quantitative estimate of drug-likeness (QED) is 0.577. The highest BCUT2D eigenvalue weighted by Gasteiger charge is 2.49. The Bertz CT molecular complexity index is 1310. The van der Waals surface area contributed by atoms with E-state index in [1.165, 1.54) is 6.20 Å². The van der Waals surface area contributed by atoms with Gasteiger partial charge in [-0.05, 0) is 75.1 Å². The molecule has 3 heterocycles. The summed E-state index contributed by atoms with van der Waals surface area (Å²) in [6.45, 7) is 1.69.